The lowest BCUT2D eigenvalue weighted by molar-refractivity contribution is 0.282. The molecule has 4 rings (SSSR count). The Labute approximate surface area is 205 Å². The van der Waals surface area contributed by atoms with Gasteiger partial charge in [0.1, 0.15) is 17.8 Å². The van der Waals surface area contributed by atoms with Crippen LogP contribution in [0, 0.1) is 0 Å². The molecule has 0 saturated carbocycles. The number of rotatable bonds is 9. The van der Waals surface area contributed by atoms with Crippen molar-refractivity contribution in [2.24, 2.45) is 0 Å². The predicted octanol–water partition coefficient (Wildman–Crippen LogP) is 7.33. The van der Waals surface area contributed by atoms with Crippen LogP contribution >= 0.6 is 23.2 Å². The second kappa shape index (κ2) is 10.1. The molecule has 2 heterocycles. The lowest BCUT2D eigenvalue weighted by Crippen LogP contribution is -2.55. The molecule has 0 fully saturated rings. The summed E-state index contributed by atoms with van der Waals surface area (Å²) in [6.45, 7) is 6.59. The summed E-state index contributed by atoms with van der Waals surface area (Å²) >= 11 is 12.3. The minimum absolute atomic E-state index is 0.115. The number of aromatic nitrogens is 3. The molecule has 7 heteroatoms. The van der Waals surface area contributed by atoms with E-state index in [2.05, 4.69) is 70.6 Å². The lowest BCUT2D eigenvalue weighted by Gasteiger charge is -2.42. The fraction of sp³-hybridized carbons (Fsp3) is 0.308. The summed E-state index contributed by atoms with van der Waals surface area (Å²) in [7, 11) is 0. The Kier molecular flexibility index (Phi) is 7.23. The van der Waals surface area contributed by atoms with E-state index in [1.54, 1.807) is 6.33 Å². The van der Waals surface area contributed by atoms with E-state index >= 15 is 0 Å². The van der Waals surface area contributed by atoms with Crippen molar-refractivity contribution in [2.45, 2.75) is 51.2 Å². The molecule has 3 atom stereocenters. The van der Waals surface area contributed by atoms with Gasteiger partial charge in [0, 0.05) is 28.2 Å². The summed E-state index contributed by atoms with van der Waals surface area (Å²) in [6.07, 6.45) is 5.30. The molecule has 172 valence electrons. The molecule has 3 N–H and O–H groups in total. The summed E-state index contributed by atoms with van der Waals surface area (Å²) < 4.78 is 0. The number of halogens is 2. The van der Waals surface area contributed by atoms with Crippen LogP contribution in [0.15, 0.2) is 67.1 Å². The Morgan fingerprint density at radius 3 is 2.12 bits per heavy atom. The zero-order valence-corrected chi connectivity index (χ0v) is 20.6. The van der Waals surface area contributed by atoms with Crippen molar-refractivity contribution in [2.75, 3.05) is 5.32 Å². The van der Waals surface area contributed by atoms with Crippen molar-refractivity contribution in [3.63, 3.8) is 0 Å². The number of nitrogens with zero attached hydrogens (tertiary/aromatic N) is 2. The first-order valence-corrected chi connectivity index (χ1v) is 12.0. The molecule has 0 bridgehead atoms. The molecule has 5 nitrogen and oxygen atoms in total. The van der Waals surface area contributed by atoms with Gasteiger partial charge in [-0.3, -0.25) is 5.32 Å². The zero-order valence-electron chi connectivity index (χ0n) is 19.1. The van der Waals surface area contributed by atoms with Crippen LogP contribution in [-0.4, -0.2) is 20.6 Å². The first kappa shape index (κ1) is 23.6. The van der Waals surface area contributed by atoms with Gasteiger partial charge >= 0.3 is 0 Å². The second-order valence-corrected chi connectivity index (χ2v) is 9.33. The van der Waals surface area contributed by atoms with E-state index in [-0.39, 0.29) is 12.0 Å². The summed E-state index contributed by atoms with van der Waals surface area (Å²) in [5.41, 5.74) is 2.67. The fourth-order valence-corrected chi connectivity index (χ4v) is 4.84. The number of aromatic amines is 1. The largest absolute Gasteiger partial charge is 0.351 e. The number of nitrogens with one attached hydrogen (secondary N) is 3. The van der Waals surface area contributed by atoms with Crippen molar-refractivity contribution in [3.8, 4) is 0 Å². The molecule has 0 amide bonds. The van der Waals surface area contributed by atoms with Crippen molar-refractivity contribution < 1.29 is 0 Å². The highest BCUT2D eigenvalue weighted by atomic mass is 35.5. The van der Waals surface area contributed by atoms with Gasteiger partial charge in [-0.05, 0) is 61.2 Å². The summed E-state index contributed by atoms with van der Waals surface area (Å²) in [4.78, 5) is 12.1. The monoisotopic (exact) mass is 481 g/mol. The average Bonchev–Trinajstić information content (AvgIpc) is 3.30. The summed E-state index contributed by atoms with van der Waals surface area (Å²) in [5, 5.41) is 10.1. The van der Waals surface area contributed by atoms with Gasteiger partial charge in [-0.2, -0.15) is 0 Å². The van der Waals surface area contributed by atoms with Crippen LogP contribution in [-0.2, 0) is 0 Å². The zero-order chi connectivity index (χ0) is 23.4. The molecule has 2 aromatic carbocycles. The molecular formula is C26H29Cl2N5. The van der Waals surface area contributed by atoms with Crippen LogP contribution in [0.1, 0.15) is 56.7 Å². The summed E-state index contributed by atoms with van der Waals surface area (Å²) in [6, 6.07) is 18.3. The van der Waals surface area contributed by atoms with Gasteiger partial charge in [0.05, 0.1) is 11.0 Å². The van der Waals surface area contributed by atoms with Gasteiger partial charge in [-0.25, -0.2) is 9.97 Å². The van der Waals surface area contributed by atoms with E-state index in [1.807, 2.05) is 36.5 Å². The highest BCUT2D eigenvalue weighted by Gasteiger charge is 2.37. The minimum atomic E-state index is -0.526. The van der Waals surface area contributed by atoms with Gasteiger partial charge < -0.3 is 10.3 Å². The Morgan fingerprint density at radius 1 is 0.879 bits per heavy atom. The number of H-pyrrole nitrogens is 1. The third-order valence-electron chi connectivity index (χ3n) is 6.26. The van der Waals surface area contributed by atoms with Gasteiger partial charge in [0.2, 0.25) is 0 Å². The van der Waals surface area contributed by atoms with E-state index in [0.29, 0.717) is 0 Å². The van der Waals surface area contributed by atoms with Gasteiger partial charge in [0.15, 0.2) is 0 Å². The number of fused-ring (bicyclic) bond motifs is 1. The quantitative estimate of drug-likeness (QED) is 0.219. The molecule has 2 aromatic heterocycles. The normalized spacial score (nSPS) is 15.2. The van der Waals surface area contributed by atoms with Crippen LogP contribution in [0.4, 0.5) is 5.82 Å². The van der Waals surface area contributed by atoms with Gasteiger partial charge in [-0.15, -0.1) is 0 Å². The smallest absolute Gasteiger partial charge is 0.142 e. The Bertz CT molecular complexity index is 1190. The molecule has 0 radical (unpaired) electrons. The number of anilines is 1. The molecule has 0 saturated heterocycles. The number of hydrogen-bond donors (Lipinski definition) is 3. The van der Waals surface area contributed by atoms with E-state index in [4.69, 9.17) is 23.2 Å². The third-order valence-corrected chi connectivity index (χ3v) is 6.77. The van der Waals surface area contributed by atoms with Crippen LogP contribution < -0.4 is 10.6 Å². The molecule has 0 aliphatic heterocycles. The third kappa shape index (κ3) is 5.16. The number of benzene rings is 2. The van der Waals surface area contributed by atoms with Crippen LogP contribution in [0.5, 0.6) is 0 Å². The first-order valence-electron chi connectivity index (χ1n) is 11.3. The van der Waals surface area contributed by atoms with Gasteiger partial charge in [-0.1, -0.05) is 61.3 Å². The van der Waals surface area contributed by atoms with Crippen molar-refractivity contribution >= 4 is 40.1 Å². The molecule has 0 aliphatic rings. The van der Waals surface area contributed by atoms with Crippen molar-refractivity contribution in [1.29, 1.82) is 0 Å². The Hall–Kier alpha value is -2.60. The van der Waals surface area contributed by atoms with E-state index in [0.717, 1.165) is 39.7 Å². The fourth-order valence-electron chi connectivity index (χ4n) is 4.59. The van der Waals surface area contributed by atoms with Crippen LogP contribution in [0.2, 0.25) is 10.0 Å². The number of hydrogen-bond acceptors (Lipinski definition) is 4. The van der Waals surface area contributed by atoms with E-state index in [9.17, 15) is 0 Å². The Morgan fingerprint density at radius 2 is 1.52 bits per heavy atom. The standard InChI is InChI=1S/C26H29Cl2N5/c1-4-22(17-6-10-19(27)11-7-17)26(3,32-23(5-2)18-8-12-20(28)13-9-18)33-25-21-14-15-29-24(21)30-16-31-25/h6-16,22-23,32H,4-5H2,1-3H3,(H2,29,30,31,33). The molecular weight excluding hydrogens is 453 g/mol. The summed E-state index contributed by atoms with van der Waals surface area (Å²) in [5.74, 6) is 0.926. The maximum atomic E-state index is 6.19. The van der Waals surface area contributed by atoms with Crippen LogP contribution in [0.25, 0.3) is 11.0 Å². The molecule has 33 heavy (non-hydrogen) atoms. The Balaban J connectivity index is 1.76. The lowest BCUT2D eigenvalue weighted by atomic mass is 9.83. The molecule has 3 unspecified atom stereocenters. The van der Waals surface area contributed by atoms with E-state index < -0.39 is 5.66 Å². The molecule has 4 aromatic rings. The second-order valence-electron chi connectivity index (χ2n) is 8.46. The highest BCUT2D eigenvalue weighted by molar-refractivity contribution is 6.30. The minimum Gasteiger partial charge on any atom is -0.351 e. The maximum absolute atomic E-state index is 6.19. The molecule has 0 aliphatic carbocycles. The van der Waals surface area contributed by atoms with Gasteiger partial charge in [0.25, 0.3) is 0 Å². The highest BCUT2D eigenvalue weighted by Crippen LogP contribution is 2.36. The first-order chi connectivity index (χ1) is 15.9. The van der Waals surface area contributed by atoms with Crippen molar-refractivity contribution in [3.05, 3.63) is 88.3 Å². The van der Waals surface area contributed by atoms with Crippen LogP contribution in [0.3, 0.4) is 0 Å². The topological polar surface area (TPSA) is 65.6 Å². The van der Waals surface area contributed by atoms with E-state index in [1.165, 1.54) is 11.1 Å². The predicted molar refractivity (Wildman–Crippen MR) is 138 cm³/mol. The maximum Gasteiger partial charge on any atom is 0.142 e. The van der Waals surface area contributed by atoms with Crippen molar-refractivity contribution in [1.82, 2.24) is 20.3 Å². The average molecular weight is 482 g/mol. The molecule has 0 spiro atoms. The SMILES string of the molecule is CCC(NC(C)(Nc1ncnc2[nH]ccc12)C(CC)c1ccc(Cl)cc1)c1ccc(Cl)cc1.